The Hall–Kier alpha value is -13.4. The fourth-order valence-electron chi connectivity index (χ4n) is 19.5. The van der Waals surface area contributed by atoms with Crippen molar-refractivity contribution in [1.29, 1.82) is 0 Å². The van der Waals surface area contributed by atoms with E-state index in [0.717, 1.165) is 50.7 Å². The SMILES string of the molecule is CC(C)(C)c1cc(-c2ccc3c(c2)N(c2cc(-c4ccccc4)cc(-c4ccccc4)c2)c2cc(Cn4c5ccccc5c5cc(-n6c7ccccc7c7ccccc76)ccc54)cc4c2B3c2ccc(-n3c5ccc(C(C)(C)C)cc5c5cc(C(C)(C)C)ccc53)cc2N4Cc2cc(-c3ccccc3)cc(-c3ccccc3)c2)cc(C(C)(C)C)c1. The van der Waals surface area contributed by atoms with E-state index in [1.165, 1.54) is 160 Å². The topological polar surface area (TPSA) is 21.3 Å². The molecule has 6 heteroatoms. The van der Waals surface area contributed by atoms with Gasteiger partial charge in [0, 0.05) is 96.3 Å². The number of aromatic nitrogens is 3. The number of fused-ring (bicyclic) bond motifs is 13. The maximum atomic E-state index is 2.74. The Morgan fingerprint density at radius 1 is 0.225 bits per heavy atom. The van der Waals surface area contributed by atoms with Gasteiger partial charge in [-0.25, -0.2) is 0 Å². The lowest BCUT2D eigenvalue weighted by atomic mass is 9.33. The van der Waals surface area contributed by atoms with Gasteiger partial charge in [0.25, 0.3) is 6.71 Å². The summed E-state index contributed by atoms with van der Waals surface area (Å²) in [4.78, 5) is 5.43. The second-order valence-electron chi connectivity index (χ2n) is 37.8. The largest absolute Gasteiger partial charge is 0.338 e. The summed E-state index contributed by atoms with van der Waals surface area (Å²) < 4.78 is 7.64. The monoisotopic (exact) mass is 1550 g/mol. The molecule has 5 heterocycles. The molecule has 0 saturated carbocycles. The molecule has 5 nitrogen and oxygen atoms in total. The summed E-state index contributed by atoms with van der Waals surface area (Å²) in [5.74, 6) is 0. The molecular formula is C114H98BN5. The number of para-hydroxylation sites is 3. The van der Waals surface area contributed by atoms with Crippen LogP contribution in [0.4, 0.5) is 28.4 Å². The smallest absolute Gasteiger partial charge is 0.252 e. The van der Waals surface area contributed by atoms with Crippen molar-refractivity contribution < 1.29 is 0 Å². The molecule has 2 aliphatic heterocycles. The third-order valence-electron chi connectivity index (χ3n) is 25.8. The number of benzene rings is 16. The second kappa shape index (κ2) is 28.1. The summed E-state index contributed by atoms with van der Waals surface area (Å²) in [7, 11) is 0. The first-order valence-electron chi connectivity index (χ1n) is 42.8. The van der Waals surface area contributed by atoms with E-state index in [0.29, 0.717) is 13.1 Å². The minimum Gasteiger partial charge on any atom is -0.338 e. The molecule has 2 aliphatic rings. The van der Waals surface area contributed by atoms with Crippen LogP contribution in [0.25, 0.3) is 132 Å². The number of hydrogen-bond donors (Lipinski definition) is 0. The molecule has 0 amide bonds. The van der Waals surface area contributed by atoms with Gasteiger partial charge in [-0.3, -0.25) is 0 Å². The van der Waals surface area contributed by atoms with Crippen LogP contribution < -0.4 is 26.2 Å². The highest BCUT2D eigenvalue weighted by Crippen LogP contribution is 2.50. The molecule has 0 unspecified atom stereocenters. The summed E-state index contributed by atoms with van der Waals surface area (Å²) in [5.41, 5.74) is 38.0. The van der Waals surface area contributed by atoms with Crippen LogP contribution in [0.15, 0.2) is 352 Å². The van der Waals surface area contributed by atoms with Gasteiger partial charge in [0.1, 0.15) is 0 Å². The maximum Gasteiger partial charge on any atom is 0.252 e. The van der Waals surface area contributed by atoms with Crippen LogP contribution in [-0.4, -0.2) is 20.4 Å². The molecule has 19 aromatic rings. The van der Waals surface area contributed by atoms with E-state index in [4.69, 9.17) is 0 Å². The predicted octanol–water partition coefficient (Wildman–Crippen LogP) is 28.5. The van der Waals surface area contributed by atoms with E-state index in [1.807, 2.05) is 0 Å². The molecule has 0 fully saturated rings. The van der Waals surface area contributed by atoms with Gasteiger partial charge in [-0.2, -0.15) is 0 Å². The Morgan fingerprint density at radius 2 is 0.608 bits per heavy atom. The standard InChI is InChI=1S/C114H98BN5/c1-111(2,3)85-46-52-104-95(67-85)96-68-86(112(4,5)6)47-53-105(96)119(104)90-48-51-98-106(70-90)117(71-73-55-80(75-31-17-13-18-32-75)59-81(56-73)76-33-19-14-20-34-76)108-57-74(72-116-100-42-28-25-41-94(100)97-69-89(49-54-101(97)116)118-102-43-29-26-39-92(102)93-40-27-30-44-103(93)118)58-109-110(108)115(98)99-50-45-79(84-61-87(113(7,8)9)66-88(62-84)114(10,11)12)65-107(99)120(109)91-63-82(77-35-21-15-22-36-77)60-83(64-91)78-37-23-16-24-38-78/h13-70H,71-72H2,1-12H3. The Balaban J connectivity index is 0.874. The molecule has 0 N–H and O–H groups in total. The van der Waals surface area contributed by atoms with Crippen molar-refractivity contribution in [2.24, 2.45) is 0 Å². The summed E-state index contributed by atoms with van der Waals surface area (Å²) in [6.45, 7) is 29.1. The van der Waals surface area contributed by atoms with Gasteiger partial charge in [0.05, 0.1) is 22.1 Å². The zero-order valence-corrected chi connectivity index (χ0v) is 70.7. The third kappa shape index (κ3) is 12.8. The Labute approximate surface area is 705 Å². The summed E-state index contributed by atoms with van der Waals surface area (Å²) in [6.07, 6.45) is 0. The summed E-state index contributed by atoms with van der Waals surface area (Å²) in [6, 6.07) is 135. The molecule has 120 heavy (non-hydrogen) atoms. The predicted molar refractivity (Wildman–Crippen MR) is 514 cm³/mol. The number of anilines is 5. The summed E-state index contributed by atoms with van der Waals surface area (Å²) in [5, 5.41) is 7.47. The normalized spacial score (nSPS) is 13.0. The van der Waals surface area contributed by atoms with Gasteiger partial charge in [0.2, 0.25) is 0 Å². The highest BCUT2D eigenvalue weighted by atomic mass is 15.2. The van der Waals surface area contributed by atoms with Crippen molar-refractivity contribution in [2.45, 2.75) is 118 Å². The number of nitrogens with zero attached hydrogens (tertiary/aromatic N) is 5. The lowest BCUT2D eigenvalue weighted by Crippen LogP contribution is -2.61. The van der Waals surface area contributed by atoms with Gasteiger partial charge in [-0.05, 0) is 254 Å². The first kappa shape index (κ1) is 74.2. The van der Waals surface area contributed by atoms with Crippen molar-refractivity contribution in [3.8, 4) is 67.0 Å². The van der Waals surface area contributed by atoms with Gasteiger partial charge >= 0.3 is 0 Å². The molecule has 3 aromatic heterocycles. The second-order valence-corrected chi connectivity index (χ2v) is 37.8. The van der Waals surface area contributed by atoms with Crippen LogP contribution in [0.1, 0.15) is 116 Å². The van der Waals surface area contributed by atoms with Crippen molar-refractivity contribution in [3.05, 3.63) is 385 Å². The van der Waals surface area contributed by atoms with Gasteiger partial charge in [0.15, 0.2) is 0 Å². The Kier molecular flexibility index (Phi) is 17.4. The fourth-order valence-corrected chi connectivity index (χ4v) is 19.5. The average molecular weight is 1550 g/mol. The van der Waals surface area contributed by atoms with Crippen molar-refractivity contribution in [2.75, 3.05) is 9.80 Å². The lowest BCUT2D eigenvalue weighted by molar-refractivity contribution is 0.569. The quantitative estimate of drug-likeness (QED) is 0.114. The molecule has 0 spiro atoms. The molecule has 16 aromatic carbocycles. The highest BCUT2D eigenvalue weighted by molar-refractivity contribution is 7.00. The molecular weight excluding hydrogens is 1450 g/mol. The first-order chi connectivity index (χ1) is 58.0. The van der Waals surface area contributed by atoms with E-state index < -0.39 is 0 Å². The van der Waals surface area contributed by atoms with Crippen LogP contribution in [0.5, 0.6) is 0 Å². The molecule has 0 saturated heterocycles. The van der Waals surface area contributed by atoms with E-state index in [1.54, 1.807) is 0 Å². The van der Waals surface area contributed by atoms with Crippen LogP contribution in [0, 0.1) is 0 Å². The highest BCUT2D eigenvalue weighted by Gasteiger charge is 2.44. The minimum absolute atomic E-state index is 0.0628. The van der Waals surface area contributed by atoms with Gasteiger partial charge in [-0.1, -0.05) is 308 Å². The van der Waals surface area contributed by atoms with Crippen LogP contribution >= 0.6 is 0 Å². The van der Waals surface area contributed by atoms with Crippen molar-refractivity contribution >= 4 is 117 Å². The molecule has 0 atom stereocenters. The molecule has 0 aliphatic carbocycles. The molecule has 582 valence electrons. The average Bonchev–Trinajstić information content (AvgIpc) is 0.845. The lowest BCUT2D eigenvalue weighted by Gasteiger charge is -2.45. The fraction of sp³-hybridized carbons (Fsp3) is 0.158. The molecule has 21 rings (SSSR count). The first-order valence-corrected chi connectivity index (χ1v) is 42.8. The van der Waals surface area contributed by atoms with E-state index in [9.17, 15) is 0 Å². The van der Waals surface area contributed by atoms with Gasteiger partial charge < -0.3 is 23.5 Å². The zero-order chi connectivity index (χ0) is 81.8. The number of hydrogen-bond acceptors (Lipinski definition) is 2. The zero-order valence-electron chi connectivity index (χ0n) is 70.7. The molecule has 0 bridgehead atoms. The van der Waals surface area contributed by atoms with E-state index >= 15 is 0 Å². The van der Waals surface area contributed by atoms with Crippen molar-refractivity contribution in [3.63, 3.8) is 0 Å². The van der Waals surface area contributed by atoms with E-state index in [2.05, 4.69) is 458 Å². The van der Waals surface area contributed by atoms with Crippen LogP contribution in [0.2, 0.25) is 0 Å². The summed E-state index contributed by atoms with van der Waals surface area (Å²) >= 11 is 0. The maximum absolute atomic E-state index is 2.74. The molecule has 0 radical (unpaired) electrons. The minimum atomic E-state index is -0.216. The van der Waals surface area contributed by atoms with E-state index in [-0.39, 0.29) is 28.4 Å². The number of rotatable bonds is 12. The Bertz CT molecular complexity index is 7040. The Morgan fingerprint density at radius 3 is 1.12 bits per heavy atom. The van der Waals surface area contributed by atoms with Crippen LogP contribution in [0.3, 0.4) is 0 Å². The third-order valence-corrected chi connectivity index (χ3v) is 25.8. The van der Waals surface area contributed by atoms with Gasteiger partial charge in [-0.15, -0.1) is 0 Å². The van der Waals surface area contributed by atoms with Crippen molar-refractivity contribution in [1.82, 2.24) is 13.7 Å². The van der Waals surface area contributed by atoms with Crippen LogP contribution in [-0.2, 0) is 34.7 Å².